The van der Waals surface area contributed by atoms with E-state index in [1.807, 2.05) is 19.1 Å². The second-order valence-electron chi connectivity index (χ2n) is 6.62. The number of hydrogen-bond acceptors (Lipinski definition) is 5. The van der Waals surface area contributed by atoms with Crippen LogP contribution in [0.1, 0.15) is 28.4 Å². The highest BCUT2D eigenvalue weighted by molar-refractivity contribution is 5.94. The Bertz CT molecular complexity index is 1030. The van der Waals surface area contributed by atoms with Gasteiger partial charge in [0.25, 0.3) is 5.91 Å². The molecule has 0 radical (unpaired) electrons. The van der Waals surface area contributed by atoms with Crippen molar-refractivity contribution < 1.29 is 32.2 Å². The minimum Gasteiger partial charge on any atom is -0.490 e. The fraction of sp³-hybridized carbons (Fsp3) is 0.217. The maximum absolute atomic E-state index is 12.5. The summed E-state index contributed by atoms with van der Waals surface area (Å²) in [6.07, 6.45) is -1.38. The molecule has 3 aromatic rings. The molecule has 2 aromatic carbocycles. The second-order valence-corrected chi connectivity index (χ2v) is 6.62. The number of rotatable bonds is 9. The Labute approximate surface area is 183 Å². The fourth-order valence-electron chi connectivity index (χ4n) is 2.77. The molecule has 0 saturated heterocycles. The first-order valence-corrected chi connectivity index (χ1v) is 9.75. The third-order valence-corrected chi connectivity index (χ3v) is 4.23. The molecule has 0 spiro atoms. The predicted molar refractivity (Wildman–Crippen MR) is 110 cm³/mol. The first kappa shape index (κ1) is 22.9. The lowest BCUT2D eigenvalue weighted by atomic mass is 10.1. The molecule has 1 aromatic heterocycles. The van der Waals surface area contributed by atoms with Gasteiger partial charge >= 0.3 is 6.36 Å². The van der Waals surface area contributed by atoms with Gasteiger partial charge in [-0.15, -0.1) is 13.2 Å². The van der Waals surface area contributed by atoms with Crippen molar-refractivity contribution in [3.05, 3.63) is 83.7 Å². The van der Waals surface area contributed by atoms with Gasteiger partial charge in [-0.2, -0.15) is 0 Å². The average Bonchev–Trinajstić information content (AvgIpc) is 2.77. The molecule has 1 N–H and O–H groups in total. The number of nitrogens with zero attached hydrogens (tertiary/aromatic N) is 1. The van der Waals surface area contributed by atoms with E-state index < -0.39 is 6.36 Å². The molecule has 0 atom stereocenters. The summed E-state index contributed by atoms with van der Waals surface area (Å²) in [4.78, 5) is 16.6. The summed E-state index contributed by atoms with van der Waals surface area (Å²) in [7, 11) is 0. The van der Waals surface area contributed by atoms with E-state index in [-0.39, 0.29) is 18.2 Å². The number of hydrogen-bond donors (Lipinski definition) is 1. The van der Waals surface area contributed by atoms with Crippen molar-refractivity contribution in [1.82, 2.24) is 10.3 Å². The third kappa shape index (κ3) is 6.90. The minimum absolute atomic E-state index is 0.133. The van der Waals surface area contributed by atoms with Crippen molar-refractivity contribution in [1.29, 1.82) is 0 Å². The van der Waals surface area contributed by atoms with Crippen LogP contribution in [0.5, 0.6) is 17.2 Å². The molecule has 3 rings (SSSR count). The SMILES string of the molecule is CCOc1cc(C(=O)NCc2ccc(OC(F)(F)F)cc2)ccc1OCc1cccnc1. The van der Waals surface area contributed by atoms with Crippen LogP contribution in [-0.4, -0.2) is 23.9 Å². The molecule has 1 heterocycles. The molecule has 168 valence electrons. The Kier molecular flexibility index (Phi) is 7.54. The van der Waals surface area contributed by atoms with Crippen molar-refractivity contribution in [2.24, 2.45) is 0 Å². The van der Waals surface area contributed by atoms with Crippen LogP contribution in [0.2, 0.25) is 0 Å². The number of amides is 1. The molecule has 0 aliphatic heterocycles. The number of benzene rings is 2. The molecule has 0 aliphatic carbocycles. The summed E-state index contributed by atoms with van der Waals surface area (Å²) in [5, 5.41) is 2.72. The largest absolute Gasteiger partial charge is 0.573 e. The molecule has 0 aliphatic rings. The molecule has 6 nitrogen and oxygen atoms in total. The van der Waals surface area contributed by atoms with Gasteiger partial charge in [0.05, 0.1) is 6.61 Å². The van der Waals surface area contributed by atoms with Crippen LogP contribution in [0.3, 0.4) is 0 Å². The molecule has 0 unspecified atom stereocenters. The highest BCUT2D eigenvalue weighted by Crippen LogP contribution is 2.29. The van der Waals surface area contributed by atoms with Crippen molar-refractivity contribution in [3.8, 4) is 17.2 Å². The van der Waals surface area contributed by atoms with Crippen LogP contribution < -0.4 is 19.5 Å². The van der Waals surface area contributed by atoms with Crippen molar-refractivity contribution >= 4 is 5.91 Å². The summed E-state index contributed by atoms with van der Waals surface area (Å²) in [5.74, 6) is 0.237. The van der Waals surface area contributed by atoms with E-state index in [0.29, 0.717) is 35.8 Å². The number of nitrogens with one attached hydrogen (secondary N) is 1. The number of alkyl halides is 3. The molecule has 0 saturated carbocycles. The topological polar surface area (TPSA) is 69.7 Å². The van der Waals surface area contributed by atoms with E-state index in [1.165, 1.54) is 24.3 Å². The molecule has 0 fully saturated rings. The number of carbonyl (C=O) groups excluding carboxylic acids is 1. The van der Waals surface area contributed by atoms with Gasteiger partial charge in [-0.3, -0.25) is 9.78 Å². The smallest absolute Gasteiger partial charge is 0.490 e. The zero-order valence-corrected chi connectivity index (χ0v) is 17.2. The average molecular weight is 446 g/mol. The Morgan fingerprint density at radius 1 is 1.00 bits per heavy atom. The maximum Gasteiger partial charge on any atom is 0.573 e. The highest BCUT2D eigenvalue weighted by atomic mass is 19.4. The van der Waals surface area contributed by atoms with Gasteiger partial charge < -0.3 is 19.5 Å². The quantitative estimate of drug-likeness (QED) is 0.507. The Morgan fingerprint density at radius 3 is 2.44 bits per heavy atom. The number of halogens is 3. The van der Waals surface area contributed by atoms with Gasteiger partial charge in [0, 0.05) is 30.1 Å². The zero-order valence-electron chi connectivity index (χ0n) is 17.2. The standard InChI is InChI=1S/C23H21F3N2O4/c1-2-30-21-12-18(7-10-20(21)31-15-17-4-3-11-27-13-17)22(29)28-14-16-5-8-19(9-6-16)32-23(24,25)26/h3-13H,2,14-15H2,1H3,(H,28,29). The first-order valence-electron chi connectivity index (χ1n) is 9.75. The van der Waals surface area contributed by atoms with Gasteiger partial charge in [0.15, 0.2) is 11.5 Å². The lowest BCUT2D eigenvalue weighted by Gasteiger charge is -2.14. The van der Waals surface area contributed by atoms with Gasteiger partial charge in [-0.05, 0) is 48.9 Å². The van der Waals surface area contributed by atoms with Gasteiger partial charge in [-0.25, -0.2) is 0 Å². The Morgan fingerprint density at radius 2 is 1.78 bits per heavy atom. The van der Waals surface area contributed by atoms with Crippen LogP contribution in [0.15, 0.2) is 67.0 Å². The van der Waals surface area contributed by atoms with Crippen molar-refractivity contribution in [3.63, 3.8) is 0 Å². The van der Waals surface area contributed by atoms with Gasteiger partial charge in [0.2, 0.25) is 0 Å². The van der Waals surface area contributed by atoms with Crippen LogP contribution in [0.25, 0.3) is 0 Å². The number of pyridine rings is 1. The Balaban J connectivity index is 1.61. The summed E-state index contributed by atoms with van der Waals surface area (Å²) in [5.41, 5.74) is 1.87. The maximum atomic E-state index is 12.5. The lowest BCUT2D eigenvalue weighted by Crippen LogP contribution is -2.23. The molecule has 0 bridgehead atoms. The highest BCUT2D eigenvalue weighted by Gasteiger charge is 2.30. The van der Waals surface area contributed by atoms with E-state index in [0.717, 1.165) is 5.56 Å². The van der Waals surface area contributed by atoms with Gasteiger partial charge in [0.1, 0.15) is 12.4 Å². The van der Waals surface area contributed by atoms with E-state index in [1.54, 1.807) is 30.6 Å². The zero-order chi connectivity index (χ0) is 23.0. The number of carbonyl (C=O) groups is 1. The monoisotopic (exact) mass is 446 g/mol. The first-order chi connectivity index (χ1) is 15.3. The van der Waals surface area contributed by atoms with Crippen molar-refractivity contribution in [2.75, 3.05) is 6.61 Å². The third-order valence-electron chi connectivity index (χ3n) is 4.23. The second kappa shape index (κ2) is 10.5. The number of ether oxygens (including phenoxy) is 3. The normalized spacial score (nSPS) is 11.0. The summed E-state index contributed by atoms with van der Waals surface area (Å²) >= 11 is 0. The summed E-state index contributed by atoms with van der Waals surface area (Å²) < 4.78 is 51.9. The molecular formula is C23H21F3N2O4. The van der Waals surface area contributed by atoms with Crippen LogP contribution in [-0.2, 0) is 13.2 Å². The van der Waals surface area contributed by atoms with E-state index >= 15 is 0 Å². The molecular weight excluding hydrogens is 425 g/mol. The Hall–Kier alpha value is -3.75. The van der Waals surface area contributed by atoms with Crippen LogP contribution >= 0.6 is 0 Å². The number of aromatic nitrogens is 1. The summed E-state index contributed by atoms with van der Waals surface area (Å²) in [6, 6.07) is 13.8. The van der Waals surface area contributed by atoms with E-state index in [2.05, 4.69) is 15.0 Å². The lowest BCUT2D eigenvalue weighted by molar-refractivity contribution is -0.274. The molecule has 9 heteroatoms. The van der Waals surface area contributed by atoms with E-state index in [9.17, 15) is 18.0 Å². The molecule has 32 heavy (non-hydrogen) atoms. The van der Waals surface area contributed by atoms with Crippen LogP contribution in [0, 0.1) is 0 Å². The van der Waals surface area contributed by atoms with Crippen molar-refractivity contribution in [2.45, 2.75) is 26.4 Å². The van der Waals surface area contributed by atoms with Gasteiger partial charge in [-0.1, -0.05) is 18.2 Å². The molecule has 1 amide bonds. The minimum atomic E-state index is -4.75. The summed E-state index contributed by atoms with van der Waals surface area (Å²) in [6.45, 7) is 2.65. The van der Waals surface area contributed by atoms with Crippen LogP contribution in [0.4, 0.5) is 13.2 Å². The fourth-order valence-corrected chi connectivity index (χ4v) is 2.77. The predicted octanol–water partition coefficient (Wildman–Crippen LogP) is 4.89. The van der Waals surface area contributed by atoms with E-state index in [4.69, 9.17) is 9.47 Å².